The van der Waals surface area contributed by atoms with Gasteiger partial charge in [0.25, 0.3) is 0 Å². The number of benzene rings is 1. The van der Waals surface area contributed by atoms with E-state index >= 15 is 0 Å². The summed E-state index contributed by atoms with van der Waals surface area (Å²) in [6.07, 6.45) is 1.60. The molecular formula is C10H7ClN4. The Morgan fingerprint density at radius 3 is 2.80 bits per heavy atom. The van der Waals surface area contributed by atoms with E-state index in [4.69, 9.17) is 16.9 Å². The molecule has 0 N–H and O–H groups in total. The van der Waals surface area contributed by atoms with Gasteiger partial charge in [-0.2, -0.15) is 10.4 Å². The van der Waals surface area contributed by atoms with Crippen molar-refractivity contribution in [3.63, 3.8) is 0 Å². The second-order valence-corrected chi connectivity index (χ2v) is 3.42. The molecule has 2 aromatic rings. The Morgan fingerprint density at radius 2 is 2.27 bits per heavy atom. The number of hydrogen-bond donors (Lipinski definition) is 0. The average molecular weight is 219 g/mol. The monoisotopic (exact) mass is 218 g/mol. The highest BCUT2D eigenvalue weighted by molar-refractivity contribution is 6.31. The van der Waals surface area contributed by atoms with Gasteiger partial charge in [0, 0.05) is 0 Å². The van der Waals surface area contributed by atoms with Crippen LogP contribution >= 0.6 is 11.6 Å². The minimum Gasteiger partial charge on any atom is -0.221 e. The molecule has 0 saturated carbocycles. The van der Waals surface area contributed by atoms with Crippen molar-refractivity contribution < 1.29 is 0 Å². The van der Waals surface area contributed by atoms with E-state index in [1.165, 1.54) is 0 Å². The molecule has 5 heteroatoms. The zero-order valence-electron chi connectivity index (χ0n) is 7.98. The Balaban J connectivity index is 2.48. The van der Waals surface area contributed by atoms with Crippen LogP contribution in [0.15, 0.2) is 24.5 Å². The van der Waals surface area contributed by atoms with Crippen LogP contribution in [0, 0.1) is 18.3 Å². The van der Waals surface area contributed by atoms with E-state index in [0.29, 0.717) is 16.4 Å². The standard InChI is InChI=1S/C10H7ClN4/c1-7-13-6-15(14-7)9-3-2-8(5-12)10(11)4-9/h2-4,6H,1H3. The largest absolute Gasteiger partial charge is 0.221 e. The first kappa shape index (κ1) is 9.69. The van der Waals surface area contributed by atoms with Crippen molar-refractivity contribution in [2.75, 3.05) is 0 Å². The third kappa shape index (κ3) is 1.83. The molecule has 74 valence electrons. The summed E-state index contributed by atoms with van der Waals surface area (Å²) in [5, 5.41) is 13.3. The van der Waals surface area contributed by atoms with E-state index in [0.717, 1.165) is 5.69 Å². The molecule has 0 fully saturated rings. The lowest BCUT2D eigenvalue weighted by atomic mass is 10.2. The fourth-order valence-corrected chi connectivity index (χ4v) is 1.42. The number of halogens is 1. The van der Waals surface area contributed by atoms with E-state index in [2.05, 4.69) is 10.1 Å². The molecule has 0 saturated heterocycles. The Morgan fingerprint density at radius 1 is 1.47 bits per heavy atom. The number of aromatic nitrogens is 3. The summed E-state index contributed by atoms with van der Waals surface area (Å²) in [6.45, 7) is 1.81. The summed E-state index contributed by atoms with van der Waals surface area (Å²) >= 11 is 5.90. The summed E-state index contributed by atoms with van der Waals surface area (Å²) in [5.74, 6) is 0.690. The van der Waals surface area contributed by atoms with Crippen molar-refractivity contribution >= 4 is 11.6 Å². The lowest BCUT2D eigenvalue weighted by Crippen LogP contribution is -1.95. The SMILES string of the molecule is Cc1ncn(-c2ccc(C#N)c(Cl)c2)n1. The normalized spacial score (nSPS) is 9.93. The number of aryl methyl sites for hydroxylation is 1. The second kappa shape index (κ2) is 3.71. The van der Waals surface area contributed by atoms with Crippen LogP contribution in [0.4, 0.5) is 0 Å². The molecule has 0 spiro atoms. The summed E-state index contributed by atoms with van der Waals surface area (Å²) in [4.78, 5) is 4.01. The number of hydrogen-bond acceptors (Lipinski definition) is 3. The summed E-state index contributed by atoms with van der Waals surface area (Å²) < 4.78 is 1.61. The van der Waals surface area contributed by atoms with Crippen LogP contribution in [-0.2, 0) is 0 Å². The first-order valence-corrected chi connectivity index (χ1v) is 4.67. The van der Waals surface area contributed by atoms with Gasteiger partial charge in [0.05, 0.1) is 16.3 Å². The van der Waals surface area contributed by atoms with E-state index in [9.17, 15) is 0 Å². The first-order valence-electron chi connectivity index (χ1n) is 4.29. The zero-order valence-corrected chi connectivity index (χ0v) is 8.73. The maximum Gasteiger partial charge on any atom is 0.147 e. The van der Waals surface area contributed by atoms with Gasteiger partial charge in [0.15, 0.2) is 0 Å². The minimum absolute atomic E-state index is 0.420. The van der Waals surface area contributed by atoms with Gasteiger partial charge in [-0.25, -0.2) is 9.67 Å². The van der Waals surface area contributed by atoms with Crippen molar-refractivity contribution in [1.82, 2.24) is 14.8 Å². The van der Waals surface area contributed by atoms with E-state index in [1.54, 1.807) is 29.2 Å². The number of nitriles is 1. The molecule has 0 bridgehead atoms. The summed E-state index contributed by atoms with van der Waals surface area (Å²) in [7, 11) is 0. The van der Waals surface area contributed by atoms with Crippen molar-refractivity contribution in [2.45, 2.75) is 6.92 Å². The summed E-state index contributed by atoms with van der Waals surface area (Å²) in [6, 6.07) is 7.13. The summed E-state index contributed by atoms with van der Waals surface area (Å²) in [5.41, 5.74) is 1.25. The molecule has 1 heterocycles. The minimum atomic E-state index is 0.420. The van der Waals surface area contributed by atoms with Gasteiger partial charge in [-0.1, -0.05) is 11.6 Å². The highest BCUT2D eigenvalue weighted by Crippen LogP contribution is 2.18. The molecule has 1 aromatic heterocycles. The van der Waals surface area contributed by atoms with E-state index < -0.39 is 0 Å². The van der Waals surface area contributed by atoms with Crippen LogP contribution in [-0.4, -0.2) is 14.8 Å². The quantitative estimate of drug-likeness (QED) is 0.737. The zero-order chi connectivity index (χ0) is 10.8. The molecule has 0 aliphatic heterocycles. The molecule has 0 amide bonds. The Bertz CT molecular complexity index is 539. The highest BCUT2D eigenvalue weighted by Gasteiger charge is 2.03. The molecule has 4 nitrogen and oxygen atoms in total. The van der Waals surface area contributed by atoms with Crippen molar-refractivity contribution in [1.29, 1.82) is 5.26 Å². The molecule has 0 atom stereocenters. The first-order chi connectivity index (χ1) is 7.20. The molecular weight excluding hydrogens is 212 g/mol. The molecule has 15 heavy (non-hydrogen) atoms. The lowest BCUT2D eigenvalue weighted by molar-refractivity contribution is 0.862. The maximum atomic E-state index is 8.71. The van der Waals surface area contributed by atoms with Gasteiger partial charge >= 0.3 is 0 Å². The second-order valence-electron chi connectivity index (χ2n) is 3.01. The Labute approximate surface area is 91.7 Å². The van der Waals surface area contributed by atoms with E-state index in [1.807, 2.05) is 13.0 Å². The van der Waals surface area contributed by atoms with Crippen LogP contribution in [0.1, 0.15) is 11.4 Å². The van der Waals surface area contributed by atoms with Crippen LogP contribution in [0.3, 0.4) is 0 Å². The molecule has 0 unspecified atom stereocenters. The third-order valence-electron chi connectivity index (χ3n) is 1.94. The van der Waals surface area contributed by atoms with Gasteiger partial charge in [-0.3, -0.25) is 0 Å². The van der Waals surface area contributed by atoms with E-state index in [-0.39, 0.29) is 0 Å². The maximum absolute atomic E-state index is 8.71. The Hall–Kier alpha value is -1.86. The average Bonchev–Trinajstić information content (AvgIpc) is 2.65. The molecule has 0 aliphatic rings. The van der Waals surface area contributed by atoms with Crippen LogP contribution in [0.2, 0.25) is 5.02 Å². The third-order valence-corrected chi connectivity index (χ3v) is 2.26. The smallest absolute Gasteiger partial charge is 0.147 e. The predicted octanol–water partition coefficient (Wildman–Crippen LogP) is 2.10. The molecule has 0 radical (unpaired) electrons. The number of rotatable bonds is 1. The van der Waals surface area contributed by atoms with Gasteiger partial charge in [0.2, 0.25) is 0 Å². The van der Waals surface area contributed by atoms with Gasteiger partial charge in [-0.15, -0.1) is 0 Å². The molecule has 0 aliphatic carbocycles. The van der Waals surface area contributed by atoms with Gasteiger partial charge in [0.1, 0.15) is 18.2 Å². The van der Waals surface area contributed by atoms with Crippen molar-refractivity contribution in [3.05, 3.63) is 40.9 Å². The topological polar surface area (TPSA) is 54.5 Å². The molecule has 1 aromatic carbocycles. The molecule has 2 rings (SSSR count). The number of nitrogens with zero attached hydrogens (tertiary/aromatic N) is 4. The Kier molecular flexibility index (Phi) is 2.40. The van der Waals surface area contributed by atoms with Crippen LogP contribution in [0.5, 0.6) is 0 Å². The highest BCUT2D eigenvalue weighted by atomic mass is 35.5. The van der Waals surface area contributed by atoms with Crippen molar-refractivity contribution in [3.8, 4) is 11.8 Å². The van der Waals surface area contributed by atoms with Gasteiger partial charge in [-0.05, 0) is 25.1 Å². The fourth-order valence-electron chi connectivity index (χ4n) is 1.21. The van der Waals surface area contributed by atoms with Crippen molar-refractivity contribution in [2.24, 2.45) is 0 Å². The lowest BCUT2D eigenvalue weighted by Gasteiger charge is -2.01. The van der Waals surface area contributed by atoms with Crippen LogP contribution in [0.25, 0.3) is 5.69 Å². The predicted molar refractivity (Wildman–Crippen MR) is 55.8 cm³/mol. The van der Waals surface area contributed by atoms with Gasteiger partial charge < -0.3 is 0 Å². The van der Waals surface area contributed by atoms with Crippen LogP contribution < -0.4 is 0 Å². The fraction of sp³-hybridized carbons (Fsp3) is 0.100.